The van der Waals surface area contributed by atoms with Crippen molar-refractivity contribution in [3.8, 4) is 11.5 Å². The Kier molecular flexibility index (Phi) is 17.4. The van der Waals surface area contributed by atoms with E-state index in [0.717, 1.165) is 83.6 Å². The smallest absolute Gasteiger partial charge is 0.311 e. The van der Waals surface area contributed by atoms with Crippen LogP contribution in [-0.4, -0.2) is 44.8 Å². The predicted molar refractivity (Wildman–Crippen MR) is 210 cm³/mol. The van der Waals surface area contributed by atoms with Crippen molar-refractivity contribution >= 4 is 17.9 Å². The first-order valence-corrected chi connectivity index (χ1v) is 20.4. The number of rotatable bonds is 19. The summed E-state index contributed by atoms with van der Waals surface area (Å²) >= 11 is 0. The van der Waals surface area contributed by atoms with E-state index in [0.29, 0.717) is 18.3 Å². The molecule has 2 aliphatic heterocycles. The minimum atomic E-state index is -0.999. The Hall–Kier alpha value is -3.36. The number of aliphatic carboxylic acids is 1. The topological polar surface area (TPSA) is 117 Å². The summed E-state index contributed by atoms with van der Waals surface area (Å²) in [6.07, 6.45) is 18.4. The quantitative estimate of drug-likeness (QED) is 0.112. The average molecular weight is 739 g/mol. The van der Waals surface area contributed by atoms with Crippen molar-refractivity contribution in [2.75, 3.05) is 6.61 Å². The molecule has 2 aromatic rings. The molecule has 0 unspecified atom stereocenters. The molecule has 3 heterocycles. The molecule has 1 fully saturated rings. The Balaban J connectivity index is 0.000000415. The van der Waals surface area contributed by atoms with Crippen LogP contribution >= 0.6 is 0 Å². The highest BCUT2D eigenvalue weighted by molar-refractivity contribution is 5.79. The maximum Gasteiger partial charge on any atom is 0.311 e. The number of hydrogen-bond donors (Lipinski definition) is 1. The van der Waals surface area contributed by atoms with Gasteiger partial charge in [-0.2, -0.15) is 0 Å². The molecule has 298 valence electrons. The summed E-state index contributed by atoms with van der Waals surface area (Å²) in [4.78, 5) is 38.5. The van der Waals surface area contributed by atoms with Crippen LogP contribution in [0, 0.1) is 50.4 Å². The summed E-state index contributed by atoms with van der Waals surface area (Å²) in [5.74, 6) is 2.77. The van der Waals surface area contributed by atoms with Crippen molar-refractivity contribution in [1.29, 1.82) is 0 Å². The van der Waals surface area contributed by atoms with Gasteiger partial charge in [0, 0.05) is 30.4 Å². The van der Waals surface area contributed by atoms with E-state index >= 15 is 0 Å². The van der Waals surface area contributed by atoms with Crippen LogP contribution in [0.2, 0.25) is 0 Å². The molecule has 1 aromatic carbocycles. The molecule has 0 saturated carbocycles. The zero-order valence-corrected chi connectivity index (χ0v) is 34.6. The number of esters is 2. The minimum Gasteiger partial charge on any atom is -0.487 e. The third kappa shape index (κ3) is 13.5. The van der Waals surface area contributed by atoms with E-state index in [1.165, 1.54) is 51.4 Å². The van der Waals surface area contributed by atoms with Crippen LogP contribution in [-0.2, 0) is 39.0 Å². The second-order valence-corrected chi connectivity index (χ2v) is 16.9. The fourth-order valence-electron chi connectivity index (χ4n) is 7.94. The van der Waals surface area contributed by atoms with Crippen LogP contribution in [0.5, 0.6) is 11.5 Å². The minimum absolute atomic E-state index is 0.0373. The highest BCUT2D eigenvalue weighted by Crippen LogP contribution is 2.45. The Labute approximate surface area is 320 Å². The molecule has 0 bridgehead atoms. The molecule has 9 nitrogen and oxygen atoms in total. The molecule has 0 amide bonds. The Morgan fingerprint density at radius 1 is 0.981 bits per heavy atom. The lowest BCUT2D eigenvalue weighted by Gasteiger charge is -2.38. The number of carboxylic acid groups (broad SMARTS) is 1. The van der Waals surface area contributed by atoms with Crippen LogP contribution in [0.3, 0.4) is 0 Å². The van der Waals surface area contributed by atoms with E-state index < -0.39 is 11.9 Å². The number of fused-ring (bicyclic) bond motifs is 1. The third-order valence-electron chi connectivity index (χ3n) is 11.7. The lowest BCUT2D eigenvalue weighted by molar-refractivity contribution is -0.142. The van der Waals surface area contributed by atoms with Crippen LogP contribution in [0.4, 0.5) is 0 Å². The van der Waals surface area contributed by atoms with Gasteiger partial charge < -0.3 is 23.9 Å². The molecule has 5 atom stereocenters. The molecule has 1 aromatic heterocycles. The van der Waals surface area contributed by atoms with E-state index in [1.54, 1.807) is 6.33 Å². The Bertz CT molecular complexity index is 1500. The van der Waals surface area contributed by atoms with E-state index in [1.807, 2.05) is 45.5 Å². The molecule has 0 radical (unpaired) electrons. The fraction of sp³-hybridized carbons (Fsp3) is 0.727. The highest BCUT2D eigenvalue weighted by Gasteiger charge is 2.36. The zero-order chi connectivity index (χ0) is 39.3. The number of nitrogens with zero attached hydrogens (tertiary/aromatic N) is 2. The number of cyclic esters (lactones) is 1. The second-order valence-electron chi connectivity index (χ2n) is 16.9. The summed E-state index contributed by atoms with van der Waals surface area (Å²) < 4.78 is 19.4. The molecule has 0 spiro atoms. The molecule has 4 rings (SSSR count). The van der Waals surface area contributed by atoms with Crippen LogP contribution < -0.4 is 9.47 Å². The standard InChI is InChI=1S/C33H54O5.C11H16N2O2/c1-22(2)12-9-13-23(3)14-10-15-24(4)16-11-20-33(8)21-19-28-27(7)31(25(5)26(6)32(28)38-33)37-30(36)18-17-29(34)35;1-3-10-8(6-15-11(10)14)4-9-5-12-7-13(9)2/h22-24H,9-21H2,1-8H3,(H,34,35);5,7-8,10H,3-4,6H2,1-2H3/t23-,24-,33-;8-,10-/m10/s1. The number of carbonyl (C=O) groups is 3. The van der Waals surface area contributed by atoms with Crippen molar-refractivity contribution in [2.24, 2.45) is 36.6 Å². The predicted octanol–water partition coefficient (Wildman–Crippen LogP) is 10.1. The molecular formula is C44H70N2O7. The number of hydrogen-bond acceptors (Lipinski definition) is 7. The maximum atomic E-state index is 12.2. The van der Waals surface area contributed by atoms with Gasteiger partial charge in [-0.05, 0) is 101 Å². The molecule has 1 N–H and O–H groups in total. The summed E-state index contributed by atoms with van der Waals surface area (Å²) in [7, 11) is 1.97. The van der Waals surface area contributed by atoms with Gasteiger partial charge in [0.05, 0.1) is 31.7 Å². The Morgan fingerprint density at radius 2 is 1.62 bits per heavy atom. The number of imidazole rings is 1. The zero-order valence-electron chi connectivity index (χ0n) is 34.6. The van der Waals surface area contributed by atoms with Gasteiger partial charge in [0.25, 0.3) is 0 Å². The largest absolute Gasteiger partial charge is 0.487 e. The second kappa shape index (κ2) is 20.9. The molecule has 1 saturated heterocycles. The van der Waals surface area contributed by atoms with Gasteiger partial charge in [0.2, 0.25) is 0 Å². The summed E-state index contributed by atoms with van der Waals surface area (Å²) in [5, 5.41) is 8.85. The van der Waals surface area contributed by atoms with Crippen molar-refractivity contribution < 1.29 is 33.7 Å². The molecular weight excluding hydrogens is 668 g/mol. The van der Waals surface area contributed by atoms with Gasteiger partial charge in [-0.25, -0.2) is 4.98 Å². The highest BCUT2D eigenvalue weighted by atomic mass is 16.5. The van der Waals surface area contributed by atoms with Gasteiger partial charge in [-0.1, -0.05) is 79.6 Å². The van der Waals surface area contributed by atoms with Crippen molar-refractivity contribution in [1.82, 2.24) is 9.55 Å². The van der Waals surface area contributed by atoms with Gasteiger partial charge in [-0.15, -0.1) is 0 Å². The van der Waals surface area contributed by atoms with Crippen molar-refractivity contribution in [3.05, 3.63) is 40.5 Å². The normalized spacial score (nSPS) is 20.5. The first kappa shape index (κ1) is 44.0. The van der Waals surface area contributed by atoms with E-state index in [9.17, 15) is 14.4 Å². The first-order valence-electron chi connectivity index (χ1n) is 20.4. The number of ether oxygens (including phenoxy) is 3. The van der Waals surface area contributed by atoms with Gasteiger partial charge in [-0.3, -0.25) is 14.4 Å². The SMILES string of the molecule is CC[C@@H]1C(=O)OC[C@@H]1Cc1cncn1C.Cc1c(C)c2c(c(C)c1OC(=O)CCC(=O)O)CC[C@@](C)(CCC[C@H](C)CCC[C@H](C)CCCC(C)C)O2. The maximum absolute atomic E-state index is 12.2. The average Bonchev–Trinajstić information content (AvgIpc) is 3.67. The van der Waals surface area contributed by atoms with Gasteiger partial charge in [0.1, 0.15) is 17.1 Å². The third-order valence-corrected chi connectivity index (χ3v) is 11.7. The molecule has 53 heavy (non-hydrogen) atoms. The van der Waals surface area contributed by atoms with Crippen molar-refractivity contribution in [2.45, 2.75) is 164 Å². The molecule has 9 heteroatoms. The number of aryl methyl sites for hydroxylation is 1. The molecule has 0 aliphatic carbocycles. The van der Waals surface area contributed by atoms with E-state index in [4.69, 9.17) is 19.3 Å². The van der Waals surface area contributed by atoms with Crippen LogP contribution in [0.1, 0.15) is 153 Å². The number of aromatic nitrogens is 2. The number of carboxylic acids is 1. The number of benzene rings is 1. The van der Waals surface area contributed by atoms with Crippen LogP contribution in [0.25, 0.3) is 0 Å². The summed E-state index contributed by atoms with van der Waals surface area (Å²) in [6, 6.07) is 0. The van der Waals surface area contributed by atoms with Crippen molar-refractivity contribution in [3.63, 3.8) is 0 Å². The van der Waals surface area contributed by atoms with E-state index in [-0.39, 0.29) is 30.3 Å². The lowest BCUT2D eigenvalue weighted by atomic mass is 9.83. The lowest BCUT2D eigenvalue weighted by Crippen LogP contribution is -2.37. The summed E-state index contributed by atoms with van der Waals surface area (Å²) in [6.45, 7) is 20.2. The fourth-order valence-corrected chi connectivity index (χ4v) is 7.94. The Morgan fingerprint density at radius 3 is 2.21 bits per heavy atom. The first-order chi connectivity index (χ1) is 25.0. The molecule has 2 aliphatic rings. The van der Waals surface area contributed by atoms with Gasteiger partial charge >= 0.3 is 17.9 Å². The van der Waals surface area contributed by atoms with Crippen LogP contribution in [0.15, 0.2) is 12.5 Å². The van der Waals surface area contributed by atoms with E-state index in [2.05, 4.69) is 39.6 Å². The monoisotopic (exact) mass is 739 g/mol. The number of carbonyl (C=O) groups excluding carboxylic acids is 2. The summed E-state index contributed by atoms with van der Waals surface area (Å²) in [5.41, 5.74) is 4.93. The van der Waals surface area contributed by atoms with Gasteiger partial charge in [0.15, 0.2) is 0 Å².